The summed E-state index contributed by atoms with van der Waals surface area (Å²) < 4.78 is 27.1. The largest absolute Gasteiger partial charge is 0.304 e. The van der Waals surface area contributed by atoms with Crippen LogP contribution in [0, 0.1) is 6.92 Å². The smallest absolute Gasteiger partial charge is 0.261 e. The average molecular weight is 306 g/mol. The summed E-state index contributed by atoms with van der Waals surface area (Å²) >= 11 is 0. The fraction of sp³-hybridized carbons (Fsp3) is 0.200. The van der Waals surface area contributed by atoms with Gasteiger partial charge in [0.15, 0.2) is 0 Å². The lowest BCUT2D eigenvalue weighted by molar-refractivity contribution is 0.141. The molecule has 0 aromatic heterocycles. The Morgan fingerprint density at radius 2 is 1.67 bits per heavy atom. The number of benzene rings is 2. The lowest BCUT2D eigenvalue weighted by Gasteiger charge is -2.09. The van der Waals surface area contributed by atoms with Crippen LogP contribution in [0.4, 0.5) is 5.69 Å². The van der Waals surface area contributed by atoms with E-state index in [9.17, 15) is 8.42 Å². The lowest BCUT2D eigenvalue weighted by Crippen LogP contribution is -2.13. The fourth-order valence-electron chi connectivity index (χ4n) is 1.85. The first-order valence-electron chi connectivity index (χ1n) is 6.51. The first kappa shape index (κ1) is 15.5. The minimum atomic E-state index is -3.57. The minimum absolute atomic E-state index is 0.223. The number of rotatable bonds is 6. The zero-order valence-electron chi connectivity index (χ0n) is 11.7. The molecule has 0 atom stereocenters. The van der Waals surface area contributed by atoms with Crippen molar-refractivity contribution in [3.63, 3.8) is 0 Å². The van der Waals surface area contributed by atoms with Crippen LogP contribution in [0.5, 0.6) is 0 Å². The molecule has 0 saturated carbocycles. The van der Waals surface area contributed by atoms with Gasteiger partial charge >= 0.3 is 0 Å². The van der Waals surface area contributed by atoms with E-state index in [1.165, 1.54) is 0 Å². The number of nitrogens with one attached hydrogen (secondary N) is 1. The molecule has 0 saturated heterocycles. The number of hydrogen-bond donors (Lipinski definition) is 2. The van der Waals surface area contributed by atoms with Gasteiger partial charge < -0.3 is 4.84 Å². The highest BCUT2D eigenvalue weighted by Crippen LogP contribution is 2.17. The van der Waals surface area contributed by atoms with Crippen molar-refractivity contribution in [1.82, 2.24) is 0 Å². The molecule has 0 aliphatic rings. The van der Waals surface area contributed by atoms with Crippen LogP contribution in [0.15, 0.2) is 53.4 Å². The van der Waals surface area contributed by atoms with Crippen LogP contribution in [0.2, 0.25) is 0 Å². The van der Waals surface area contributed by atoms with E-state index >= 15 is 0 Å². The maximum Gasteiger partial charge on any atom is 0.261 e. The van der Waals surface area contributed by atoms with Crippen molar-refractivity contribution >= 4 is 15.7 Å². The van der Waals surface area contributed by atoms with Crippen LogP contribution >= 0.6 is 0 Å². The van der Waals surface area contributed by atoms with Crippen molar-refractivity contribution in [2.24, 2.45) is 5.90 Å². The molecular weight excluding hydrogens is 288 g/mol. The van der Waals surface area contributed by atoms with Crippen LogP contribution in [-0.2, 0) is 21.3 Å². The highest BCUT2D eigenvalue weighted by atomic mass is 32.2. The van der Waals surface area contributed by atoms with Crippen molar-refractivity contribution < 1.29 is 13.3 Å². The third-order valence-electron chi connectivity index (χ3n) is 3.05. The van der Waals surface area contributed by atoms with Gasteiger partial charge in [-0.15, -0.1) is 0 Å². The Labute approximate surface area is 124 Å². The van der Waals surface area contributed by atoms with Gasteiger partial charge in [-0.1, -0.05) is 29.8 Å². The van der Waals surface area contributed by atoms with Gasteiger partial charge in [0, 0.05) is 5.69 Å². The second-order valence-electron chi connectivity index (χ2n) is 4.74. The van der Waals surface area contributed by atoms with Crippen molar-refractivity contribution in [2.45, 2.75) is 18.2 Å². The van der Waals surface area contributed by atoms with Crippen molar-refractivity contribution in [3.05, 3.63) is 59.7 Å². The topological polar surface area (TPSA) is 81.4 Å². The van der Waals surface area contributed by atoms with E-state index in [1.807, 2.05) is 19.1 Å². The third-order valence-corrected chi connectivity index (χ3v) is 4.44. The van der Waals surface area contributed by atoms with E-state index in [4.69, 9.17) is 5.90 Å². The Morgan fingerprint density at radius 1 is 1.05 bits per heavy atom. The molecule has 2 aromatic rings. The Bertz CT molecular complexity index is 680. The second-order valence-corrected chi connectivity index (χ2v) is 6.42. The van der Waals surface area contributed by atoms with Gasteiger partial charge in [0.25, 0.3) is 10.0 Å². The molecule has 0 unspecified atom stereocenters. The molecule has 3 N–H and O–H groups in total. The summed E-state index contributed by atoms with van der Waals surface area (Å²) in [7, 11) is -3.57. The van der Waals surface area contributed by atoms with E-state index in [2.05, 4.69) is 9.56 Å². The normalized spacial score (nSPS) is 11.3. The summed E-state index contributed by atoms with van der Waals surface area (Å²) in [6, 6.07) is 13.8. The van der Waals surface area contributed by atoms with Crippen molar-refractivity contribution in [2.75, 3.05) is 11.3 Å². The maximum atomic E-state index is 12.3. The van der Waals surface area contributed by atoms with Gasteiger partial charge in [0.05, 0.1) is 11.5 Å². The van der Waals surface area contributed by atoms with Gasteiger partial charge in [0.2, 0.25) is 0 Å². The summed E-state index contributed by atoms with van der Waals surface area (Å²) in [5.74, 6) is 4.97. The molecule has 0 spiro atoms. The average Bonchev–Trinajstić information content (AvgIpc) is 2.48. The van der Waals surface area contributed by atoms with Gasteiger partial charge in [-0.05, 0) is 43.2 Å². The van der Waals surface area contributed by atoms with Crippen molar-refractivity contribution in [3.8, 4) is 0 Å². The summed E-state index contributed by atoms with van der Waals surface area (Å²) in [4.78, 5) is 4.72. The van der Waals surface area contributed by atoms with Crippen LogP contribution in [-0.4, -0.2) is 15.0 Å². The zero-order valence-corrected chi connectivity index (χ0v) is 12.6. The van der Waals surface area contributed by atoms with E-state index in [0.29, 0.717) is 18.7 Å². The highest BCUT2D eigenvalue weighted by molar-refractivity contribution is 7.92. The number of hydrogen-bond acceptors (Lipinski definition) is 4. The van der Waals surface area contributed by atoms with E-state index in [1.54, 1.807) is 36.4 Å². The molecule has 2 aromatic carbocycles. The molecule has 0 heterocycles. The van der Waals surface area contributed by atoms with Crippen LogP contribution in [0.3, 0.4) is 0 Å². The molecule has 0 aliphatic carbocycles. The number of aryl methyl sites for hydroxylation is 1. The predicted molar refractivity (Wildman–Crippen MR) is 82.3 cm³/mol. The molecule has 112 valence electrons. The van der Waals surface area contributed by atoms with Crippen molar-refractivity contribution in [1.29, 1.82) is 0 Å². The summed E-state index contributed by atoms with van der Waals surface area (Å²) in [6.45, 7) is 2.34. The number of sulfonamides is 1. The summed E-state index contributed by atoms with van der Waals surface area (Å²) in [5.41, 5.74) is 2.58. The zero-order chi connectivity index (χ0) is 15.3. The first-order valence-corrected chi connectivity index (χ1v) is 8.00. The Kier molecular flexibility index (Phi) is 4.95. The number of nitrogens with two attached hydrogens (primary N) is 1. The van der Waals surface area contributed by atoms with Crippen LogP contribution in [0.1, 0.15) is 11.1 Å². The molecule has 21 heavy (non-hydrogen) atoms. The molecular formula is C15H18N2O3S. The molecule has 0 amide bonds. The lowest BCUT2D eigenvalue weighted by atomic mass is 10.2. The van der Waals surface area contributed by atoms with Gasteiger partial charge in [-0.2, -0.15) is 0 Å². The fourth-order valence-corrected chi connectivity index (χ4v) is 2.91. The quantitative estimate of drug-likeness (QED) is 0.802. The standard InChI is InChI=1S/C15H18N2O3S/c1-12-2-6-14(7-3-12)17-21(18,19)15-8-4-13(5-9-15)10-11-20-16/h2-9,17H,10-11,16H2,1H3. The number of anilines is 1. The summed E-state index contributed by atoms with van der Waals surface area (Å²) in [6.07, 6.45) is 0.641. The van der Waals surface area contributed by atoms with Gasteiger partial charge in [0.1, 0.15) is 0 Å². The highest BCUT2D eigenvalue weighted by Gasteiger charge is 2.13. The maximum absolute atomic E-state index is 12.3. The molecule has 0 aliphatic heterocycles. The van der Waals surface area contributed by atoms with E-state index in [0.717, 1.165) is 11.1 Å². The van der Waals surface area contributed by atoms with E-state index < -0.39 is 10.0 Å². The second kappa shape index (κ2) is 6.71. The summed E-state index contributed by atoms with van der Waals surface area (Å²) in [5, 5.41) is 0. The van der Waals surface area contributed by atoms with E-state index in [-0.39, 0.29) is 4.90 Å². The molecule has 2 rings (SSSR count). The predicted octanol–water partition coefficient (Wildman–Crippen LogP) is 2.23. The van der Waals surface area contributed by atoms with Crippen LogP contribution < -0.4 is 10.6 Å². The Balaban J connectivity index is 2.13. The Morgan fingerprint density at radius 3 is 2.24 bits per heavy atom. The Hall–Kier alpha value is -1.89. The molecule has 0 bridgehead atoms. The molecule has 5 nitrogen and oxygen atoms in total. The van der Waals surface area contributed by atoms with Gasteiger partial charge in [-0.25, -0.2) is 14.3 Å². The monoisotopic (exact) mass is 306 g/mol. The molecule has 0 fully saturated rings. The van der Waals surface area contributed by atoms with Crippen LogP contribution in [0.25, 0.3) is 0 Å². The third kappa shape index (κ3) is 4.29. The van der Waals surface area contributed by atoms with Gasteiger partial charge in [-0.3, -0.25) is 4.72 Å². The SMILES string of the molecule is Cc1ccc(NS(=O)(=O)c2ccc(CCON)cc2)cc1. The molecule has 6 heteroatoms. The first-order chi connectivity index (χ1) is 10.0. The molecule has 0 radical (unpaired) electrons. The minimum Gasteiger partial charge on any atom is -0.304 e.